The number of hydrogen-bond acceptors (Lipinski definition) is 9. The van der Waals surface area contributed by atoms with Gasteiger partial charge in [0.2, 0.25) is 0 Å². The molecule has 1 fully saturated rings. The van der Waals surface area contributed by atoms with Gasteiger partial charge in [-0.3, -0.25) is 4.79 Å². The number of aromatic nitrogens is 7. The topological polar surface area (TPSA) is 178 Å². The van der Waals surface area contributed by atoms with Gasteiger partial charge in [-0.25, -0.2) is 23.9 Å². The van der Waals surface area contributed by atoms with Gasteiger partial charge in [-0.2, -0.15) is 26.3 Å². The SMILES string of the molecule is O=C(O)c1cccc(-n2cc(-c3cc(C(=O)N4CCOCC4)cc(-c4cn(-c5cccc(C(=O)O)c5C(F)(F)F)nn4)n3)nn2)c1C(F)(F)F. The van der Waals surface area contributed by atoms with Crippen LogP contribution in [0.15, 0.2) is 60.9 Å². The summed E-state index contributed by atoms with van der Waals surface area (Å²) >= 11 is 0. The number of halogens is 6. The van der Waals surface area contributed by atoms with Gasteiger partial charge in [-0.1, -0.05) is 22.6 Å². The lowest BCUT2D eigenvalue weighted by molar-refractivity contribution is -0.138. The van der Waals surface area contributed by atoms with E-state index in [4.69, 9.17) is 4.74 Å². The van der Waals surface area contributed by atoms with E-state index in [2.05, 4.69) is 25.6 Å². The Hall–Kier alpha value is -6.18. The molecule has 3 aromatic heterocycles. The molecule has 2 N–H and O–H groups in total. The van der Waals surface area contributed by atoms with Crippen LogP contribution in [0.3, 0.4) is 0 Å². The first-order chi connectivity index (χ1) is 23.6. The molecule has 0 spiro atoms. The minimum Gasteiger partial charge on any atom is -0.478 e. The third kappa shape index (κ3) is 6.46. The highest BCUT2D eigenvalue weighted by molar-refractivity contribution is 5.96. The number of benzene rings is 2. The third-order valence-electron chi connectivity index (χ3n) is 7.49. The molecule has 0 saturated carbocycles. The van der Waals surface area contributed by atoms with E-state index in [-0.39, 0.29) is 54.6 Å². The standard InChI is InChI=1S/C30H20F6N8O6/c31-29(32,33)24-16(27(46)47)3-1-5-22(24)43-13-20(38-40-43)18-11-15(26(45)42-7-9-50-10-8-42)12-19(37-18)21-14-44(41-39-21)23-6-2-4-17(28(48)49)25(23)30(34,35)36/h1-6,11-14H,7-10H2,(H,46,47)(H,48,49). The predicted molar refractivity (Wildman–Crippen MR) is 156 cm³/mol. The van der Waals surface area contributed by atoms with Crippen molar-refractivity contribution in [3.8, 4) is 34.2 Å². The van der Waals surface area contributed by atoms with Gasteiger partial charge in [-0.15, -0.1) is 10.2 Å². The van der Waals surface area contributed by atoms with E-state index in [1.807, 2.05) is 0 Å². The molecule has 20 heteroatoms. The van der Waals surface area contributed by atoms with E-state index in [0.29, 0.717) is 9.36 Å². The Kier molecular flexibility index (Phi) is 8.56. The maximum Gasteiger partial charge on any atom is 0.419 e. The van der Waals surface area contributed by atoms with E-state index in [1.54, 1.807) is 0 Å². The van der Waals surface area contributed by atoms with Crippen molar-refractivity contribution in [1.29, 1.82) is 0 Å². The van der Waals surface area contributed by atoms with Crippen LogP contribution in [0.4, 0.5) is 26.3 Å². The second kappa shape index (κ2) is 12.7. The Balaban J connectivity index is 1.47. The molecule has 0 atom stereocenters. The Morgan fingerprint density at radius 3 is 1.52 bits per heavy atom. The number of rotatable bonds is 7. The number of carboxylic acid groups (broad SMARTS) is 2. The molecule has 4 heterocycles. The molecule has 0 bridgehead atoms. The number of alkyl halides is 6. The summed E-state index contributed by atoms with van der Waals surface area (Å²) in [6.45, 7) is 0.928. The fourth-order valence-electron chi connectivity index (χ4n) is 5.28. The first kappa shape index (κ1) is 33.7. The molecule has 1 aliphatic heterocycles. The van der Waals surface area contributed by atoms with E-state index in [0.717, 1.165) is 48.8 Å². The molecule has 2 aromatic carbocycles. The van der Waals surface area contributed by atoms with Crippen LogP contribution in [-0.4, -0.2) is 94.2 Å². The Morgan fingerprint density at radius 1 is 0.680 bits per heavy atom. The number of amides is 1. The van der Waals surface area contributed by atoms with Crippen LogP contribution in [0.25, 0.3) is 34.2 Å². The van der Waals surface area contributed by atoms with Gasteiger partial charge >= 0.3 is 24.3 Å². The molecule has 50 heavy (non-hydrogen) atoms. The largest absolute Gasteiger partial charge is 0.478 e. The zero-order chi connectivity index (χ0) is 36.0. The van der Waals surface area contributed by atoms with Crippen LogP contribution in [0, 0.1) is 0 Å². The maximum atomic E-state index is 14.0. The molecule has 0 unspecified atom stereocenters. The average molecular weight is 703 g/mol. The second-order valence-electron chi connectivity index (χ2n) is 10.6. The summed E-state index contributed by atoms with van der Waals surface area (Å²) in [5.41, 5.74) is -6.95. The quantitative estimate of drug-likeness (QED) is 0.229. The van der Waals surface area contributed by atoms with E-state index in [1.165, 1.54) is 17.0 Å². The molecule has 1 saturated heterocycles. The summed E-state index contributed by atoms with van der Waals surface area (Å²) in [5, 5.41) is 34.0. The molecule has 1 amide bonds. The molecule has 0 aliphatic carbocycles. The van der Waals surface area contributed by atoms with Crippen molar-refractivity contribution in [2.75, 3.05) is 26.3 Å². The van der Waals surface area contributed by atoms with Crippen molar-refractivity contribution in [2.24, 2.45) is 0 Å². The maximum absolute atomic E-state index is 14.0. The van der Waals surface area contributed by atoms with Crippen molar-refractivity contribution in [2.45, 2.75) is 12.4 Å². The Labute approximate surface area is 275 Å². The molecule has 1 aliphatic rings. The number of pyridine rings is 1. The average Bonchev–Trinajstić information content (AvgIpc) is 3.78. The molecule has 14 nitrogen and oxygen atoms in total. The van der Waals surface area contributed by atoms with Crippen LogP contribution >= 0.6 is 0 Å². The summed E-state index contributed by atoms with van der Waals surface area (Å²) in [4.78, 5) is 42.6. The number of aromatic carboxylic acids is 2. The lowest BCUT2D eigenvalue weighted by Crippen LogP contribution is -2.40. The normalized spacial score (nSPS) is 13.8. The molecule has 0 radical (unpaired) electrons. The zero-order valence-electron chi connectivity index (χ0n) is 25.0. The van der Waals surface area contributed by atoms with Crippen LogP contribution in [0.5, 0.6) is 0 Å². The number of carboxylic acids is 2. The molecular formula is C30H20F6N8O6. The van der Waals surface area contributed by atoms with Gasteiger partial charge in [0.25, 0.3) is 5.91 Å². The number of hydrogen-bond donors (Lipinski definition) is 2. The highest BCUT2D eigenvalue weighted by atomic mass is 19.4. The van der Waals surface area contributed by atoms with Crippen LogP contribution in [0.2, 0.25) is 0 Å². The molecular weight excluding hydrogens is 682 g/mol. The van der Waals surface area contributed by atoms with E-state index in [9.17, 15) is 50.9 Å². The highest BCUT2D eigenvalue weighted by Gasteiger charge is 2.40. The summed E-state index contributed by atoms with van der Waals surface area (Å²) < 4.78 is 90.8. The summed E-state index contributed by atoms with van der Waals surface area (Å²) in [7, 11) is 0. The summed E-state index contributed by atoms with van der Waals surface area (Å²) in [6.07, 6.45) is -8.16. The number of nitrogens with zero attached hydrogens (tertiary/aromatic N) is 8. The van der Waals surface area contributed by atoms with Crippen molar-refractivity contribution in [3.63, 3.8) is 0 Å². The van der Waals surface area contributed by atoms with Crippen molar-refractivity contribution in [1.82, 2.24) is 39.9 Å². The number of ether oxygens (including phenoxy) is 1. The Bertz CT molecular complexity index is 2010. The first-order valence-electron chi connectivity index (χ1n) is 14.3. The summed E-state index contributed by atoms with van der Waals surface area (Å²) in [5.74, 6) is -4.17. The van der Waals surface area contributed by atoms with Crippen LogP contribution in [-0.2, 0) is 17.1 Å². The number of carbonyl (C=O) groups is 3. The van der Waals surface area contributed by atoms with Crippen molar-refractivity contribution in [3.05, 3.63) is 88.7 Å². The number of carbonyl (C=O) groups excluding carboxylic acids is 1. The van der Waals surface area contributed by atoms with E-state index < -0.39 is 63.8 Å². The van der Waals surface area contributed by atoms with Gasteiger partial charge < -0.3 is 19.8 Å². The monoisotopic (exact) mass is 702 g/mol. The second-order valence-corrected chi connectivity index (χ2v) is 10.6. The van der Waals surface area contributed by atoms with Crippen LogP contribution in [0.1, 0.15) is 42.2 Å². The zero-order valence-corrected chi connectivity index (χ0v) is 25.0. The highest BCUT2D eigenvalue weighted by Crippen LogP contribution is 2.38. The first-order valence-corrected chi connectivity index (χ1v) is 14.3. The van der Waals surface area contributed by atoms with Gasteiger partial charge in [0.05, 0.1) is 70.6 Å². The fraction of sp³-hybridized carbons (Fsp3) is 0.200. The summed E-state index contributed by atoms with van der Waals surface area (Å²) in [6, 6.07) is 8.26. The van der Waals surface area contributed by atoms with Gasteiger partial charge in [0.1, 0.15) is 11.4 Å². The van der Waals surface area contributed by atoms with Gasteiger partial charge in [-0.05, 0) is 36.4 Å². The fourth-order valence-corrected chi connectivity index (χ4v) is 5.28. The number of morpholine rings is 1. The predicted octanol–water partition coefficient (Wildman–Crippen LogP) is 4.48. The molecule has 6 rings (SSSR count). The van der Waals surface area contributed by atoms with Gasteiger partial charge in [0, 0.05) is 18.7 Å². The third-order valence-corrected chi connectivity index (χ3v) is 7.49. The molecule has 5 aromatic rings. The van der Waals surface area contributed by atoms with Crippen molar-refractivity contribution < 1.29 is 55.7 Å². The lowest BCUT2D eigenvalue weighted by atomic mass is 10.0. The smallest absolute Gasteiger partial charge is 0.419 e. The molecule has 258 valence electrons. The van der Waals surface area contributed by atoms with Crippen LogP contribution < -0.4 is 0 Å². The van der Waals surface area contributed by atoms with Crippen molar-refractivity contribution >= 4 is 17.8 Å². The minimum atomic E-state index is -5.10. The van der Waals surface area contributed by atoms with Gasteiger partial charge in [0.15, 0.2) is 0 Å². The Morgan fingerprint density at radius 2 is 1.12 bits per heavy atom. The van der Waals surface area contributed by atoms with E-state index >= 15 is 0 Å². The lowest BCUT2D eigenvalue weighted by Gasteiger charge is -2.27. The minimum absolute atomic E-state index is 0.0105.